The quantitative estimate of drug-likeness (QED) is 0.839. The molecule has 0 N–H and O–H groups in total. The van der Waals surface area contributed by atoms with E-state index in [1.165, 1.54) is 38.5 Å². The number of guanidine groups is 1. The van der Waals surface area contributed by atoms with Crippen LogP contribution in [0, 0.1) is 5.92 Å². The maximum absolute atomic E-state index is 13.0. The van der Waals surface area contributed by atoms with Crippen molar-refractivity contribution in [1.82, 2.24) is 14.5 Å². The van der Waals surface area contributed by atoms with E-state index in [0.717, 1.165) is 36.9 Å². The summed E-state index contributed by atoms with van der Waals surface area (Å²) in [5.41, 5.74) is 0.773. The summed E-state index contributed by atoms with van der Waals surface area (Å²) in [6.07, 6.45) is 11.9. The fourth-order valence-corrected chi connectivity index (χ4v) is 5.03. The molecule has 2 atom stereocenters. The Morgan fingerprint density at radius 3 is 2.79 bits per heavy atom. The van der Waals surface area contributed by atoms with Gasteiger partial charge in [-0.05, 0) is 38.0 Å². The zero-order chi connectivity index (χ0) is 16.3. The highest BCUT2D eigenvalue weighted by Gasteiger charge is 2.48. The van der Waals surface area contributed by atoms with Crippen molar-refractivity contribution in [3.8, 4) is 0 Å². The van der Waals surface area contributed by atoms with Crippen LogP contribution in [-0.4, -0.2) is 45.4 Å². The first kappa shape index (κ1) is 14.5. The van der Waals surface area contributed by atoms with Crippen LogP contribution in [0.5, 0.6) is 0 Å². The third-order valence-electron chi connectivity index (χ3n) is 6.31. The summed E-state index contributed by atoms with van der Waals surface area (Å²) in [5, 5.41) is 0. The second-order valence-electron chi connectivity index (χ2n) is 7.80. The molecule has 0 bridgehead atoms. The van der Waals surface area contributed by atoms with Crippen LogP contribution in [0.4, 0.5) is 5.82 Å². The monoisotopic (exact) mass is 327 g/mol. The normalized spacial score (nSPS) is 29.5. The summed E-state index contributed by atoms with van der Waals surface area (Å²) in [5.74, 6) is 2.39. The molecular formula is C18H25N5O. The number of carbonyl (C=O) groups is 1. The molecule has 2 aliphatic carbocycles. The van der Waals surface area contributed by atoms with E-state index in [-0.39, 0.29) is 5.91 Å². The van der Waals surface area contributed by atoms with Crippen molar-refractivity contribution < 1.29 is 4.79 Å². The van der Waals surface area contributed by atoms with E-state index in [0.29, 0.717) is 18.0 Å². The van der Waals surface area contributed by atoms with Crippen LogP contribution in [-0.2, 0) is 6.54 Å². The van der Waals surface area contributed by atoms with Gasteiger partial charge in [0.05, 0.1) is 18.4 Å². The molecule has 1 amide bonds. The largest absolute Gasteiger partial charge is 0.324 e. The van der Waals surface area contributed by atoms with E-state index in [2.05, 4.69) is 14.5 Å². The lowest BCUT2D eigenvalue weighted by atomic mass is 9.89. The number of imidazole rings is 1. The molecule has 0 radical (unpaired) electrons. The standard InChI is InChI=1S/C18H25N5O/c1-21-17(24)15-16(23-14-9-5-8-13(14)20-18(21)23)19-11-22(15)10-12-6-3-2-4-7-12/h11-14H,2-10H2,1H3. The minimum atomic E-state index is 0.0493. The van der Waals surface area contributed by atoms with Crippen LogP contribution in [0.3, 0.4) is 0 Å². The van der Waals surface area contributed by atoms with Gasteiger partial charge in [0, 0.05) is 13.6 Å². The Hall–Kier alpha value is -1.85. The first-order valence-corrected chi connectivity index (χ1v) is 9.44. The highest BCUT2D eigenvalue weighted by atomic mass is 16.2. The molecule has 2 saturated carbocycles. The first-order chi connectivity index (χ1) is 11.7. The van der Waals surface area contributed by atoms with Crippen LogP contribution in [0.25, 0.3) is 0 Å². The van der Waals surface area contributed by atoms with Gasteiger partial charge in [0.2, 0.25) is 5.96 Å². The second kappa shape index (κ2) is 5.33. The Morgan fingerprint density at radius 2 is 1.96 bits per heavy atom. The average Bonchev–Trinajstić information content (AvgIpc) is 3.27. The van der Waals surface area contributed by atoms with Gasteiger partial charge in [0.1, 0.15) is 0 Å². The highest BCUT2D eigenvalue weighted by molar-refractivity contribution is 6.18. The molecule has 0 saturated heterocycles. The van der Waals surface area contributed by atoms with Crippen LogP contribution in [0.1, 0.15) is 61.9 Å². The maximum Gasteiger partial charge on any atom is 0.280 e. The molecule has 0 spiro atoms. The fourth-order valence-electron chi connectivity index (χ4n) is 5.03. The van der Waals surface area contributed by atoms with Crippen molar-refractivity contribution in [1.29, 1.82) is 0 Å². The molecule has 2 aliphatic heterocycles. The van der Waals surface area contributed by atoms with Crippen molar-refractivity contribution >= 4 is 17.7 Å². The first-order valence-electron chi connectivity index (χ1n) is 9.44. The predicted octanol–water partition coefficient (Wildman–Crippen LogP) is 2.65. The van der Waals surface area contributed by atoms with Crippen molar-refractivity contribution in [2.75, 3.05) is 11.9 Å². The summed E-state index contributed by atoms with van der Waals surface area (Å²) in [4.78, 5) is 26.4. The topological polar surface area (TPSA) is 53.7 Å². The number of hydrogen-bond acceptors (Lipinski definition) is 4. The van der Waals surface area contributed by atoms with Crippen molar-refractivity contribution in [2.24, 2.45) is 10.9 Å². The lowest BCUT2D eigenvalue weighted by Crippen LogP contribution is -2.51. The molecule has 128 valence electrons. The molecule has 24 heavy (non-hydrogen) atoms. The fraction of sp³-hybridized carbons (Fsp3) is 0.722. The van der Waals surface area contributed by atoms with Crippen LogP contribution in [0.15, 0.2) is 11.3 Å². The zero-order valence-corrected chi connectivity index (χ0v) is 14.3. The number of aromatic nitrogens is 2. The molecule has 0 aromatic carbocycles. The van der Waals surface area contributed by atoms with E-state index in [1.54, 1.807) is 4.90 Å². The van der Waals surface area contributed by atoms with E-state index < -0.39 is 0 Å². The number of amides is 1. The lowest BCUT2D eigenvalue weighted by Gasteiger charge is -2.34. The molecule has 5 rings (SSSR count). The third kappa shape index (κ3) is 1.98. The summed E-state index contributed by atoms with van der Waals surface area (Å²) < 4.78 is 2.11. The maximum atomic E-state index is 13.0. The molecule has 1 aromatic rings. The second-order valence-corrected chi connectivity index (χ2v) is 7.80. The van der Waals surface area contributed by atoms with Gasteiger partial charge < -0.3 is 4.57 Å². The number of rotatable bonds is 2. The van der Waals surface area contributed by atoms with E-state index >= 15 is 0 Å². The molecule has 3 heterocycles. The van der Waals surface area contributed by atoms with Gasteiger partial charge in [-0.1, -0.05) is 19.3 Å². The summed E-state index contributed by atoms with van der Waals surface area (Å²) in [7, 11) is 1.86. The number of nitrogens with zero attached hydrogens (tertiary/aromatic N) is 5. The number of fused-ring (bicyclic) bond motifs is 5. The van der Waals surface area contributed by atoms with Gasteiger partial charge in [-0.15, -0.1) is 0 Å². The Balaban J connectivity index is 1.51. The number of aliphatic imine (C=N–C) groups is 1. The van der Waals surface area contributed by atoms with Gasteiger partial charge in [-0.2, -0.15) is 0 Å². The van der Waals surface area contributed by atoms with Gasteiger partial charge in [0.15, 0.2) is 11.5 Å². The minimum absolute atomic E-state index is 0.0493. The van der Waals surface area contributed by atoms with Gasteiger partial charge in [-0.3, -0.25) is 14.6 Å². The van der Waals surface area contributed by atoms with Gasteiger partial charge in [0.25, 0.3) is 5.91 Å². The Kier molecular flexibility index (Phi) is 3.22. The molecule has 2 fully saturated rings. The van der Waals surface area contributed by atoms with Crippen LogP contribution >= 0.6 is 0 Å². The summed E-state index contributed by atoms with van der Waals surface area (Å²) in [6.45, 7) is 0.927. The lowest BCUT2D eigenvalue weighted by molar-refractivity contribution is 0.0852. The van der Waals surface area contributed by atoms with E-state index in [4.69, 9.17) is 4.99 Å². The Morgan fingerprint density at radius 1 is 1.12 bits per heavy atom. The molecule has 6 nitrogen and oxygen atoms in total. The molecule has 1 aromatic heterocycles. The van der Waals surface area contributed by atoms with Gasteiger partial charge >= 0.3 is 0 Å². The van der Waals surface area contributed by atoms with Crippen molar-refractivity contribution in [3.05, 3.63) is 12.0 Å². The zero-order valence-electron chi connectivity index (χ0n) is 14.3. The predicted molar refractivity (Wildman–Crippen MR) is 92.2 cm³/mol. The smallest absolute Gasteiger partial charge is 0.280 e. The van der Waals surface area contributed by atoms with Crippen molar-refractivity contribution in [3.63, 3.8) is 0 Å². The Bertz CT molecular complexity index is 702. The third-order valence-corrected chi connectivity index (χ3v) is 6.31. The Labute approximate surface area is 142 Å². The summed E-state index contributed by atoms with van der Waals surface area (Å²) >= 11 is 0. The number of hydrogen-bond donors (Lipinski definition) is 0. The van der Waals surface area contributed by atoms with E-state index in [1.807, 2.05) is 13.4 Å². The van der Waals surface area contributed by atoms with Crippen LogP contribution < -0.4 is 4.90 Å². The number of carbonyl (C=O) groups excluding carboxylic acids is 1. The molecule has 4 aliphatic rings. The highest BCUT2D eigenvalue weighted by Crippen LogP contribution is 2.40. The average molecular weight is 327 g/mol. The summed E-state index contributed by atoms with van der Waals surface area (Å²) in [6, 6.07) is 0.733. The van der Waals surface area contributed by atoms with Crippen molar-refractivity contribution in [2.45, 2.75) is 70.0 Å². The minimum Gasteiger partial charge on any atom is -0.324 e. The molecular weight excluding hydrogens is 302 g/mol. The number of anilines is 1. The van der Waals surface area contributed by atoms with Gasteiger partial charge in [-0.25, -0.2) is 9.98 Å². The van der Waals surface area contributed by atoms with E-state index in [9.17, 15) is 4.79 Å². The SMILES string of the molecule is CN1C(=O)c2c(ncn2CC2CCCCC2)N2C1=NC1CCCC12. The van der Waals surface area contributed by atoms with Crippen LogP contribution in [0.2, 0.25) is 0 Å². The molecule has 6 heteroatoms. The molecule has 2 unspecified atom stereocenters.